The van der Waals surface area contributed by atoms with Crippen LogP contribution in [0.3, 0.4) is 0 Å². The predicted octanol–water partition coefficient (Wildman–Crippen LogP) is 4.81. The first-order valence-electron chi connectivity index (χ1n) is 8.75. The van der Waals surface area contributed by atoms with Crippen molar-refractivity contribution in [2.45, 2.75) is 20.5 Å². The maximum absolute atomic E-state index is 11.3. The topological polar surface area (TPSA) is 61.6 Å². The average molecular weight is 363 g/mol. The van der Waals surface area contributed by atoms with Gasteiger partial charge in [-0.05, 0) is 37.6 Å². The quantitative estimate of drug-likeness (QED) is 0.445. The van der Waals surface area contributed by atoms with E-state index in [0.29, 0.717) is 18.2 Å². The summed E-state index contributed by atoms with van der Waals surface area (Å²) in [5.41, 5.74) is 2.73. The molecule has 3 aromatic rings. The summed E-state index contributed by atoms with van der Waals surface area (Å²) in [6.07, 6.45) is 3.10. The first kappa shape index (κ1) is 18.5. The van der Waals surface area contributed by atoms with Gasteiger partial charge < -0.3 is 13.9 Å². The van der Waals surface area contributed by atoms with E-state index in [1.807, 2.05) is 61.5 Å². The summed E-state index contributed by atoms with van der Waals surface area (Å²) in [5, 5.41) is 0. The van der Waals surface area contributed by atoms with Gasteiger partial charge in [-0.15, -0.1) is 0 Å². The third-order valence-electron chi connectivity index (χ3n) is 3.83. The van der Waals surface area contributed by atoms with Crippen LogP contribution in [0.25, 0.3) is 17.3 Å². The highest BCUT2D eigenvalue weighted by Crippen LogP contribution is 2.24. The van der Waals surface area contributed by atoms with Crippen molar-refractivity contribution >= 4 is 12.0 Å². The maximum atomic E-state index is 11.3. The van der Waals surface area contributed by atoms with Crippen LogP contribution in [0, 0.1) is 6.92 Å². The molecule has 27 heavy (non-hydrogen) atoms. The first-order chi connectivity index (χ1) is 13.2. The van der Waals surface area contributed by atoms with E-state index >= 15 is 0 Å². The molecule has 0 aliphatic rings. The number of rotatable bonds is 7. The molecule has 0 aliphatic carbocycles. The summed E-state index contributed by atoms with van der Waals surface area (Å²) in [5.74, 6) is 1.63. The highest BCUT2D eigenvalue weighted by Gasteiger charge is 2.11. The van der Waals surface area contributed by atoms with E-state index in [4.69, 9.17) is 13.9 Å². The molecule has 2 aromatic carbocycles. The SMILES string of the molecule is CCOC(=O)/C=C/c1ccc(OCc2nc(-c3ccccc3)c(C)o2)cc1. The lowest BCUT2D eigenvalue weighted by Crippen LogP contribution is -1.98. The fraction of sp³-hybridized carbons (Fsp3) is 0.182. The van der Waals surface area contributed by atoms with Gasteiger partial charge >= 0.3 is 5.97 Å². The largest absolute Gasteiger partial charge is 0.484 e. The molecule has 5 nitrogen and oxygen atoms in total. The van der Waals surface area contributed by atoms with E-state index in [-0.39, 0.29) is 12.6 Å². The molecule has 0 N–H and O–H groups in total. The number of esters is 1. The zero-order chi connectivity index (χ0) is 19.1. The van der Waals surface area contributed by atoms with Gasteiger partial charge in [0.15, 0.2) is 6.61 Å². The molecule has 1 aromatic heterocycles. The fourth-order valence-electron chi connectivity index (χ4n) is 2.55. The van der Waals surface area contributed by atoms with Crippen LogP contribution in [0.15, 0.2) is 65.1 Å². The molecule has 0 radical (unpaired) electrons. The maximum Gasteiger partial charge on any atom is 0.330 e. The van der Waals surface area contributed by atoms with Gasteiger partial charge in [0.2, 0.25) is 5.89 Å². The molecule has 0 fully saturated rings. The molecule has 3 rings (SSSR count). The van der Waals surface area contributed by atoms with Gasteiger partial charge in [-0.1, -0.05) is 42.5 Å². The van der Waals surface area contributed by atoms with Gasteiger partial charge in [0.05, 0.1) is 6.61 Å². The number of ether oxygens (including phenoxy) is 2. The van der Waals surface area contributed by atoms with Crippen molar-refractivity contribution in [3.63, 3.8) is 0 Å². The Kier molecular flexibility index (Phi) is 6.05. The Morgan fingerprint density at radius 2 is 1.85 bits per heavy atom. The van der Waals surface area contributed by atoms with Crippen molar-refractivity contribution < 1.29 is 18.7 Å². The summed E-state index contributed by atoms with van der Waals surface area (Å²) in [6, 6.07) is 17.3. The number of aromatic nitrogens is 1. The molecule has 138 valence electrons. The van der Waals surface area contributed by atoms with Crippen molar-refractivity contribution in [3.8, 4) is 17.0 Å². The number of carbonyl (C=O) groups excluding carboxylic acids is 1. The lowest BCUT2D eigenvalue weighted by Gasteiger charge is -2.03. The van der Waals surface area contributed by atoms with Crippen LogP contribution in [-0.2, 0) is 16.1 Å². The Balaban J connectivity index is 1.60. The normalized spacial score (nSPS) is 10.9. The Labute approximate surface area is 158 Å². The minimum Gasteiger partial charge on any atom is -0.484 e. The van der Waals surface area contributed by atoms with E-state index in [0.717, 1.165) is 22.6 Å². The zero-order valence-electron chi connectivity index (χ0n) is 15.3. The molecule has 0 saturated carbocycles. The minimum absolute atomic E-state index is 0.242. The van der Waals surface area contributed by atoms with Gasteiger partial charge in [-0.3, -0.25) is 0 Å². The predicted molar refractivity (Wildman–Crippen MR) is 103 cm³/mol. The average Bonchev–Trinajstić information content (AvgIpc) is 3.07. The van der Waals surface area contributed by atoms with Crippen molar-refractivity contribution in [2.24, 2.45) is 0 Å². The van der Waals surface area contributed by atoms with Crippen LogP contribution in [0.5, 0.6) is 5.75 Å². The fourth-order valence-corrected chi connectivity index (χ4v) is 2.55. The Morgan fingerprint density at radius 1 is 1.11 bits per heavy atom. The van der Waals surface area contributed by atoms with E-state index in [1.54, 1.807) is 13.0 Å². The van der Waals surface area contributed by atoms with Crippen molar-refractivity contribution in [3.05, 3.63) is 77.9 Å². The second-order valence-electron chi connectivity index (χ2n) is 5.82. The zero-order valence-corrected chi connectivity index (χ0v) is 15.3. The molecule has 0 unspecified atom stereocenters. The Bertz CT molecular complexity index is 911. The van der Waals surface area contributed by atoms with Crippen LogP contribution in [-0.4, -0.2) is 17.6 Å². The summed E-state index contributed by atoms with van der Waals surface area (Å²) in [7, 11) is 0. The van der Waals surface area contributed by atoms with E-state index in [1.165, 1.54) is 6.08 Å². The van der Waals surface area contributed by atoms with E-state index in [2.05, 4.69) is 4.98 Å². The van der Waals surface area contributed by atoms with Gasteiger partial charge in [0.25, 0.3) is 0 Å². The summed E-state index contributed by atoms with van der Waals surface area (Å²) >= 11 is 0. The second-order valence-corrected chi connectivity index (χ2v) is 5.82. The number of benzene rings is 2. The highest BCUT2D eigenvalue weighted by atomic mass is 16.5. The highest BCUT2D eigenvalue weighted by molar-refractivity contribution is 5.87. The van der Waals surface area contributed by atoms with Crippen LogP contribution in [0.2, 0.25) is 0 Å². The van der Waals surface area contributed by atoms with Crippen LogP contribution < -0.4 is 4.74 Å². The number of carbonyl (C=O) groups is 1. The smallest absolute Gasteiger partial charge is 0.330 e. The molecule has 0 bridgehead atoms. The molecular formula is C22H21NO4. The molecule has 5 heteroatoms. The molecule has 0 spiro atoms. The molecule has 1 heterocycles. The summed E-state index contributed by atoms with van der Waals surface area (Å²) in [4.78, 5) is 15.8. The van der Waals surface area contributed by atoms with Crippen LogP contribution in [0.4, 0.5) is 0 Å². The number of oxazole rings is 1. The first-order valence-corrected chi connectivity index (χ1v) is 8.75. The summed E-state index contributed by atoms with van der Waals surface area (Å²) in [6.45, 7) is 4.27. The lowest BCUT2D eigenvalue weighted by molar-refractivity contribution is -0.137. The molecule has 0 amide bonds. The van der Waals surface area contributed by atoms with Gasteiger partial charge in [0.1, 0.15) is 17.2 Å². The third-order valence-corrected chi connectivity index (χ3v) is 3.83. The lowest BCUT2D eigenvalue weighted by atomic mass is 10.1. The molecule has 0 aliphatic heterocycles. The van der Waals surface area contributed by atoms with Crippen molar-refractivity contribution in [2.75, 3.05) is 6.61 Å². The molecule has 0 atom stereocenters. The standard InChI is InChI=1S/C22H21NO4/c1-3-25-21(24)14-11-17-9-12-19(13-10-17)26-15-20-23-22(16(2)27-20)18-7-5-4-6-8-18/h4-14H,3,15H2,1-2H3/b14-11+. The number of hydrogen-bond donors (Lipinski definition) is 0. The van der Waals surface area contributed by atoms with Gasteiger partial charge in [0, 0.05) is 11.6 Å². The van der Waals surface area contributed by atoms with Crippen LogP contribution >= 0.6 is 0 Å². The van der Waals surface area contributed by atoms with E-state index < -0.39 is 0 Å². The minimum atomic E-state index is -0.355. The van der Waals surface area contributed by atoms with Crippen molar-refractivity contribution in [1.82, 2.24) is 4.98 Å². The third kappa shape index (κ3) is 5.07. The Morgan fingerprint density at radius 3 is 2.56 bits per heavy atom. The van der Waals surface area contributed by atoms with E-state index in [9.17, 15) is 4.79 Å². The number of aryl methyl sites for hydroxylation is 1. The number of nitrogens with zero attached hydrogens (tertiary/aromatic N) is 1. The van der Waals surface area contributed by atoms with Gasteiger partial charge in [-0.25, -0.2) is 9.78 Å². The monoisotopic (exact) mass is 363 g/mol. The number of hydrogen-bond acceptors (Lipinski definition) is 5. The Hall–Kier alpha value is -3.34. The van der Waals surface area contributed by atoms with Gasteiger partial charge in [-0.2, -0.15) is 0 Å². The molecular weight excluding hydrogens is 342 g/mol. The second kappa shape index (κ2) is 8.85. The van der Waals surface area contributed by atoms with Crippen LogP contribution in [0.1, 0.15) is 24.1 Å². The summed E-state index contributed by atoms with van der Waals surface area (Å²) < 4.78 is 16.3. The van der Waals surface area contributed by atoms with Crippen molar-refractivity contribution in [1.29, 1.82) is 0 Å². The molecule has 0 saturated heterocycles.